The molecule has 0 radical (unpaired) electrons. The van der Waals surface area contributed by atoms with Crippen molar-refractivity contribution >= 4 is 4.57 Å². The molecule has 1 heterocycles. The fourth-order valence-electron chi connectivity index (χ4n) is 2.30. The first-order chi connectivity index (χ1) is 6.44. The molecule has 1 aliphatic carbocycles. The second kappa shape index (κ2) is 3.42. The average molecular weight is 234 g/mol. The Bertz CT molecular complexity index is 257. The third kappa shape index (κ3) is 1.72. The van der Waals surface area contributed by atoms with Crippen LogP contribution in [0.15, 0.2) is 0 Å². The molecule has 2 rings (SSSR count). The molecule has 2 nitrogen and oxygen atoms in total. The van der Waals surface area contributed by atoms with E-state index in [1.165, 1.54) is 12.8 Å². The molecule has 2 aliphatic rings. The molecule has 80 valence electrons. The number of hydrogen-bond donors (Lipinski definition) is 0. The van der Waals surface area contributed by atoms with Crippen LogP contribution in [0.3, 0.4) is 0 Å². The third-order valence-electron chi connectivity index (χ3n) is 3.15. The van der Waals surface area contributed by atoms with E-state index in [-0.39, 0.29) is 11.0 Å². The summed E-state index contributed by atoms with van der Waals surface area (Å²) in [4.78, 5) is 0. The summed E-state index contributed by atoms with van der Waals surface area (Å²) in [6, 6.07) is 0. The van der Waals surface area contributed by atoms with Crippen LogP contribution >= 0.6 is 0 Å². The van der Waals surface area contributed by atoms with Crippen molar-refractivity contribution in [3.05, 3.63) is 0 Å². The van der Waals surface area contributed by atoms with Gasteiger partial charge in [0, 0.05) is 0 Å². The van der Waals surface area contributed by atoms with Crippen molar-refractivity contribution < 1.29 is 25.3 Å². The molecule has 1 saturated carbocycles. The van der Waals surface area contributed by atoms with Crippen LogP contribution in [0.2, 0.25) is 0 Å². The summed E-state index contributed by atoms with van der Waals surface area (Å²) in [6.45, 7) is 7.21. The summed E-state index contributed by atoms with van der Waals surface area (Å²) >= 11 is 3.06. The molecule has 2 atom stereocenters. The molecule has 14 heavy (non-hydrogen) atoms. The fourth-order valence-corrected chi connectivity index (χ4v) is 2.95. The van der Waals surface area contributed by atoms with E-state index in [2.05, 4.69) is 36.6 Å². The van der Waals surface area contributed by atoms with Crippen molar-refractivity contribution in [3.63, 3.8) is 0 Å². The van der Waals surface area contributed by atoms with Crippen molar-refractivity contribution in [2.45, 2.75) is 51.7 Å². The Balaban J connectivity index is 2.05. The van der Waals surface area contributed by atoms with Crippen LogP contribution in [0.25, 0.3) is 0 Å². The monoisotopic (exact) mass is 234 g/mol. The molecule has 3 heteroatoms. The quantitative estimate of drug-likeness (QED) is 0.691. The Morgan fingerprint density at radius 1 is 1.43 bits per heavy atom. The average Bonchev–Trinajstić information content (AvgIpc) is 2.42. The van der Waals surface area contributed by atoms with E-state index in [9.17, 15) is 0 Å². The van der Waals surface area contributed by atoms with E-state index >= 15 is 0 Å². The Morgan fingerprint density at radius 3 is 2.50 bits per heavy atom. The van der Waals surface area contributed by atoms with Gasteiger partial charge in [0.25, 0.3) is 0 Å². The first-order valence-corrected chi connectivity index (χ1v) is 5.93. The SMILES string of the molecule is CC(C)(C)OC1CCC12CCO[C]2=[Cr]. The minimum absolute atomic E-state index is 0.0407. The van der Waals surface area contributed by atoms with Crippen LogP contribution in [0.5, 0.6) is 0 Å². The maximum absolute atomic E-state index is 6.06. The topological polar surface area (TPSA) is 18.5 Å². The summed E-state index contributed by atoms with van der Waals surface area (Å²) in [5, 5.41) is 0. The number of hydrogen-bond acceptors (Lipinski definition) is 2. The summed E-state index contributed by atoms with van der Waals surface area (Å²) < 4.78 is 12.7. The van der Waals surface area contributed by atoms with Gasteiger partial charge in [-0.05, 0) is 0 Å². The van der Waals surface area contributed by atoms with Gasteiger partial charge in [-0.3, -0.25) is 0 Å². The van der Waals surface area contributed by atoms with Gasteiger partial charge < -0.3 is 0 Å². The number of ether oxygens (including phenoxy) is 2. The molecule has 0 aromatic rings. The Hall–Kier alpha value is 0.322. The van der Waals surface area contributed by atoms with E-state index in [1.807, 2.05) is 0 Å². The number of rotatable bonds is 1. The van der Waals surface area contributed by atoms with Crippen LogP contribution in [-0.4, -0.2) is 22.9 Å². The molecule has 0 N–H and O–H groups in total. The van der Waals surface area contributed by atoms with Crippen molar-refractivity contribution in [2.75, 3.05) is 6.61 Å². The Labute approximate surface area is 93.9 Å². The van der Waals surface area contributed by atoms with Crippen molar-refractivity contribution in [1.29, 1.82) is 0 Å². The van der Waals surface area contributed by atoms with E-state index in [0.717, 1.165) is 17.6 Å². The van der Waals surface area contributed by atoms with E-state index < -0.39 is 0 Å². The molecular weight excluding hydrogens is 216 g/mol. The molecule has 0 amide bonds. The summed E-state index contributed by atoms with van der Waals surface area (Å²) in [5.74, 6) is 0. The zero-order valence-corrected chi connectivity index (χ0v) is 10.4. The van der Waals surface area contributed by atoms with Crippen molar-refractivity contribution in [3.8, 4) is 0 Å². The van der Waals surface area contributed by atoms with Gasteiger partial charge in [0.1, 0.15) is 0 Å². The van der Waals surface area contributed by atoms with Gasteiger partial charge in [-0.25, -0.2) is 0 Å². The third-order valence-corrected chi connectivity index (χ3v) is 3.97. The van der Waals surface area contributed by atoms with Crippen LogP contribution in [0.1, 0.15) is 40.0 Å². The van der Waals surface area contributed by atoms with Gasteiger partial charge in [-0.15, -0.1) is 0 Å². The predicted octanol–water partition coefficient (Wildman–Crippen LogP) is 2.05. The van der Waals surface area contributed by atoms with Crippen LogP contribution < -0.4 is 0 Å². The van der Waals surface area contributed by atoms with E-state index in [0.29, 0.717) is 6.10 Å². The molecule has 0 aromatic heterocycles. The van der Waals surface area contributed by atoms with Gasteiger partial charge in [0.2, 0.25) is 0 Å². The molecule has 0 bridgehead atoms. The first kappa shape index (κ1) is 10.8. The second-order valence-corrected chi connectivity index (χ2v) is 5.88. The van der Waals surface area contributed by atoms with Crippen molar-refractivity contribution in [2.24, 2.45) is 5.41 Å². The first-order valence-electron chi connectivity index (χ1n) is 5.29. The van der Waals surface area contributed by atoms with Gasteiger partial charge in [-0.2, -0.15) is 0 Å². The van der Waals surface area contributed by atoms with Gasteiger partial charge in [0.15, 0.2) is 0 Å². The Morgan fingerprint density at radius 2 is 2.14 bits per heavy atom. The molecule has 2 fully saturated rings. The van der Waals surface area contributed by atoms with E-state index in [4.69, 9.17) is 9.47 Å². The van der Waals surface area contributed by atoms with E-state index in [1.54, 1.807) is 0 Å². The van der Waals surface area contributed by atoms with Gasteiger partial charge >= 0.3 is 93.7 Å². The van der Waals surface area contributed by atoms with Crippen LogP contribution in [0.4, 0.5) is 0 Å². The Kier molecular flexibility index (Phi) is 2.64. The molecule has 1 aliphatic heterocycles. The van der Waals surface area contributed by atoms with Gasteiger partial charge in [0.05, 0.1) is 0 Å². The van der Waals surface area contributed by atoms with Gasteiger partial charge in [-0.1, -0.05) is 0 Å². The fraction of sp³-hybridized carbons (Fsp3) is 0.909. The zero-order chi connectivity index (χ0) is 10.4. The normalized spacial score (nSPS) is 37.6. The standard InChI is InChI=1S/C11H18O2.Cr/c1-10(2,3)13-9-4-5-11(9)6-7-12-8-11;/h9H,4-7H2,1-3H3;. The predicted molar refractivity (Wildman–Crippen MR) is 51.9 cm³/mol. The molecule has 1 spiro atoms. The molecule has 1 saturated heterocycles. The zero-order valence-electron chi connectivity index (χ0n) is 9.13. The summed E-state index contributed by atoms with van der Waals surface area (Å²) in [5.41, 5.74) is 0.175. The van der Waals surface area contributed by atoms with Crippen LogP contribution in [-0.2, 0) is 25.3 Å². The summed E-state index contributed by atoms with van der Waals surface area (Å²) in [7, 11) is 0. The second-order valence-electron chi connectivity index (χ2n) is 5.30. The minimum atomic E-state index is -0.0407. The molecule has 2 unspecified atom stereocenters. The molecular formula is C11H18CrO2. The molecule has 0 aromatic carbocycles. The van der Waals surface area contributed by atoms with Crippen molar-refractivity contribution in [1.82, 2.24) is 0 Å². The van der Waals surface area contributed by atoms with Crippen LogP contribution in [0, 0.1) is 5.41 Å². The maximum atomic E-state index is 6.06. The summed E-state index contributed by atoms with van der Waals surface area (Å²) in [6.07, 6.45) is 3.87.